The Morgan fingerprint density at radius 1 is 1.25 bits per heavy atom. The maximum absolute atomic E-state index is 11.4. The van der Waals surface area contributed by atoms with Gasteiger partial charge in [0.25, 0.3) is 0 Å². The molecule has 5 nitrogen and oxygen atoms in total. The quantitative estimate of drug-likeness (QED) is 0.794. The van der Waals surface area contributed by atoms with E-state index in [0.29, 0.717) is 29.9 Å². The molecule has 1 aromatic carbocycles. The van der Waals surface area contributed by atoms with E-state index in [0.717, 1.165) is 0 Å². The van der Waals surface area contributed by atoms with Gasteiger partial charge in [-0.15, -0.1) is 0 Å². The van der Waals surface area contributed by atoms with Crippen LogP contribution >= 0.6 is 0 Å². The first-order valence-electron chi connectivity index (χ1n) is 6.54. The van der Waals surface area contributed by atoms with E-state index in [1.165, 1.54) is 14.2 Å². The monoisotopic (exact) mass is 302 g/mol. The van der Waals surface area contributed by atoms with E-state index in [1.807, 2.05) is 0 Å². The van der Waals surface area contributed by atoms with Gasteiger partial charge in [0, 0.05) is 11.3 Å². The van der Waals surface area contributed by atoms with E-state index in [1.54, 1.807) is 25.1 Å². The zero-order valence-electron chi connectivity index (χ0n) is 12.1. The van der Waals surface area contributed by atoms with E-state index >= 15 is 0 Å². The molecule has 0 amide bonds. The van der Waals surface area contributed by atoms with Gasteiger partial charge in [0.15, 0.2) is 11.5 Å². The normalized spacial score (nSPS) is 13.0. The maximum atomic E-state index is 11.4. The maximum Gasteiger partial charge on any atom is 0.166 e. The Labute approximate surface area is 120 Å². The summed E-state index contributed by atoms with van der Waals surface area (Å²) in [6.07, 6.45) is 0.00704. The number of para-hydroxylation sites is 1. The zero-order valence-corrected chi connectivity index (χ0v) is 12.9. The van der Waals surface area contributed by atoms with Crippen LogP contribution in [0.5, 0.6) is 11.5 Å². The zero-order chi connectivity index (χ0) is 15.2. The second-order valence-corrected chi connectivity index (χ2v) is 6.95. The minimum absolute atomic E-state index is 0.0901. The fourth-order valence-electron chi connectivity index (χ4n) is 1.97. The van der Waals surface area contributed by atoms with Gasteiger partial charge < -0.3 is 14.6 Å². The minimum Gasteiger partial charge on any atom is -0.493 e. The van der Waals surface area contributed by atoms with Gasteiger partial charge >= 0.3 is 0 Å². The molecular formula is C14H22O5S. The number of hydrogen-bond acceptors (Lipinski definition) is 5. The van der Waals surface area contributed by atoms with Crippen LogP contribution in [0.3, 0.4) is 0 Å². The lowest BCUT2D eigenvalue weighted by molar-refractivity contribution is 0.161. The molecule has 0 saturated carbocycles. The molecule has 0 spiro atoms. The molecule has 0 radical (unpaired) electrons. The Bertz CT molecular complexity index is 524. The number of methoxy groups -OCH3 is 2. The molecular weight excluding hydrogens is 280 g/mol. The largest absolute Gasteiger partial charge is 0.493 e. The Kier molecular flexibility index (Phi) is 6.29. The van der Waals surface area contributed by atoms with Crippen molar-refractivity contribution < 1.29 is 23.0 Å². The van der Waals surface area contributed by atoms with Crippen LogP contribution in [0.25, 0.3) is 0 Å². The average Bonchev–Trinajstić information content (AvgIpc) is 2.45. The number of rotatable bonds is 8. The van der Waals surface area contributed by atoms with E-state index in [-0.39, 0.29) is 11.5 Å². The molecule has 0 fully saturated rings. The van der Waals surface area contributed by atoms with Crippen molar-refractivity contribution in [3.8, 4) is 11.5 Å². The molecule has 0 aromatic heterocycles. The van der Waals surface area contributed by atoms with Crippen molar-refractivity contribution in [1.82, 2.24) is 0 Å². The highest BCUT2D eigenvalue weighted by atomic mass is 32.2. The van der Waals surface area contributed by atoms with Gasteiger partial charge in [0.05, 0.1) is 26.1 Å². The first kappa shape index (κ1) is 16.8. The topological polar surface area (TPSA) is 72.8 Å². The molecule has 0 saturated heterocycles. The molecule has 1 N–H and O–H groups in total. The molecule has 1 rings (SSSR count). The SMILES string of the molecule is CCS(=O)(=O)CCCC(O)c1cccc(OC)c1OC. The molecule has 0 aliphatic rings. The Morgan fingerprint density at radius 3 is 2.50 bits per heavy atom. The van der Waals surface area contributed by atoms with Gasteiger partial charge in [0.1, 0.15) is 9.84 Å². The van der Waals surface area contributed by atoms with Gasteiger partial charge in [-0.3, -0.25) is 0 Å². The fraction of sp³-hybridized carbons (Fsp3) is 0.571. The summed E-state index contributed by atoms with van der Waals surface area (Å²) in [5, 5.41) is 10.2. The molecule has 6 heteroatoms. The number of aliphatic hydroxyl groups excluding tert-OH is 1. The van der Waals surface area contributed by atoms with E-state index < -0.39 is 15.9 Å². The molecule has 1 aromatic rings. The highest BCUT2D eigenvalue weighted by molar-refractivity contribution is 7.91. The molecule has 0 heterocycles. The van der Waals surface area contributed by atoms with Crippen LogP contribution in [0.15, 0.2) is 18.2 Å². The first-order chi connectivity index (χ1) is 9.45. The predicted octanol–water partition coefficient (Wildman–Crippen LogP) is 1.95. The lowest BCUT2D eigenvalue weighted by Gasteiger charge is -2.17. The van der Waals surface area contributed by atoms with Gasteiger partial charge in [-0.1, -0.05) is 19.1 Å². The lowest BCUT2D eigenvalue weighted by atomic mass is 10.0. The van der Waals surface area contributed by atoms with Gasteiger partial charge in [-0.05, 0) is 18.9 Å². The van der Waals surface area contributed by atoms with Gasteiger partial charge in [-0.2, -0.15) is 0 Å². The number of hydrogen-bond donors (Lipinski definition) is 1. The minimum atomic E-state index is -2.99. The van der Waals surface area contributed by atoms with Crippen molar-refractivity contribution in [1.29, 1.82) is 0 Å². The lowest BCUT2D eigenvalue weighted by Crippen LogP contribution is -2.10. The van der Waals surface area contributed by atoms with Crippen LogP contribution in [0, 0.1) is 0 Å². The van der Waals surface area contributed by atoms with E-state index in [4.69, 9.17) is 9.47 Å². The standard InChI is InChI=1S/C14H22O5S/c1-4-20(16,17)10-6-8-12(15)11-7-5-9-13(18-2)14(11)19-3/h5,7,9,12,15H,4,6,8,10H2,1-3H3. The van der Waals surface area contributed by atoms with Crippen LogP contribution in [0.4, 0.5) is 0 Å². The first-order valence-corrected chi connectivity index (χ1v) is 8.36. The van der Waals surface area contributed by atoms with Crippen molar-refractivity contribution >= 4 is 9.84 Å². The van der Waals surface area contributed by atoms with Crippen LogP contribution in [-0.2, 0) is 9.84 Å². The number of benzene rings is 1. The smallest absolute Gasteiger partial charge is 0.166 e. The molecule has 20 heavy (non-hydrogen) atoms. The molecule has 0 aliphatic heterocycles. The Morgan fingerprint density at radius 2 is 1.95 bits per heavy atom. The fourth-order valence-corrected chi connectivity index (χ4v) is 2.87. The number of sulfone groups is 1. The Balaban J connectivity index is 2.75. The van der Waals surface area contributed by atoms with Crippen molar-refractivity contribution in [2.75, 3.05) is 25.7 Å². The molecule has 0 bridgehead atoms. The summed E-state index contributed by atoms with van der Waals surface area (Å²) < 4.78 is 33.3. The van der Waals surface area contributed by atoms with Crippen LogP contribution < -0.4 is 9.47 Å². The third kappa shape index (κ3) is 4.38. The third-order valence-corrected chi connectivity index (χ3v) is 4.96. The summed E-state index contributed by atoms with van der Waals surface area (Å²) in [4.78, 5) is 0. The van der Waals surface area contributed by atoms with Crippen molar-refractivity contribution in [2.45, 2.75) is 25.9 Å². The van der Waals surface area contributed by atoms with Crippen LogP contribution in [-0.4, -0.2) is 39.2 Å². The summed E-state index contributed by atoms with van der Waals surface area (Å²) in [7, 11) is 0.0462. The summed E-state index contributed by atoms with van der Waals surface area (Å²) in [6, 6.07) is 5.26. The third-order valence-electron chi connectivity index (χ3n) is 3.17. The number of aliphatic hydroxyl groups is 1. The second-order valence-electron chi connectivity index (χ2n) is 4.48. The molecule has 0 aliphatic carbocycles. The molecule has 1 atom stereocenters. The molecule has 114 valence electrons. The van der Waals surface area contributed by atoms with Crippen molar-refractivity contribution in [2.24, 2.45) is 0 Å². The van der Waals surface area contributed by atoms with Crippen molar-refractivity contribution in [3.05, 3.63) is 23.8 Å². The van der Waals surface area contributed by atoms with E-state index in [2.05, 4.69) is 0 Å². The Hall–Kier alpha value is -1.27. The van der Waals surface area contributed by atoms with Crippen LogP contribution in [0.1, 0.15) is 31.4 Å². The average molecular weight is 302 g/mol. The second kappa shape index (κ2) is 7.50. The summed E-state index contributed by atoms with van der Waals surface area (Å²) in [6.45, 7) is 1.62. The van der Waals surface area contributed by atoms with Crippen LogP contribution in [0.2, 0.25) is 0 Å². The van der Waals surface area contributed by atoms with E-state index in [9.17, 15) is 13.5 Å². The summed E-state index contributed by atoms with van der Waals surface area (Å²) in [5.74, 6) is 1.25. The summed E-state index contributed by atoms with van der Waals surface area (Å²) >= 11 is 0. The highest BCUT2D eigenvalue weighted by Crippen LogP contribution is 2.35. The van der Waals surface area contributed by atoms with Gasteiger partial charge in [0.2, 0.25) is 0 Å². The predicted molar refractivity (Wildman–Crippen MR) is 78.1 cm³/mol. The highest BCUT2D eigenvalue weighted by Gasteiger charge is 2.17. The van der Waals surface area contributed by atoms with Crippen molar-refractivity contribution in [3.63, 3.8) is 0 Å². The molecule has 1 unspecified atom stereocenters. The summed E-state index contributed by atoms with van der Waals surface area (Å²) in [5.41, 5.74) is 0.612. The van der Waals surface area contributed by atoms with Gasteiger partial charge in [-0.25, -0.2) is 8.42 Å². The number of ether oxygens (including phenoxy) is 2.